The van der Waals surface area contributed by atoms with Gasteiger partial charge in [-0.15, -0.1) is 0 Å². The van der Waals surface area contributed by atoms with Crippen LogP contribution in [0.1, 0.15) is 47.1 Å². The fourth-order valence-electron chi connectivity index (χ4n) is 2.19. The lowest BCUT2D eigenvalue weighted by molar-refractivity contribution is 0.0692. The highest BCUT2D eigenvalue weighted by atomic mass is 79.9. The van der Waals surface area contributed by atoms with Crippen molar-refractivity contribution in [2.24, 2.45) is 0 Å². The Hall–Kier alpha value is -1.92. The number of carboxylic acid groups (broad SMARTS) is 1. The zero-order chi connectivity index (χ0) is 19.7. The molecule has 2 aromatic rings. The highest BCUT2D eigenvalue weighted by Gasteiger charge is 2.39. The molecule has 0 aliphatic carbocycles. The van der Waals surface area contributed by atoms with Gasteiger partial charge >= 0.3 is 5.97 Å². The molecule has 0 spiro atoms. The van der Waals surface area contributed by atoms with Gasteiger partial charge in [0.2, 0.25) is 8.32 Å². The van der Waals surface area contributed by atoms with Gasteiger partial charge in [0, 0.05) is 15.6 Å². The molecule has 0 fully saturated rings. The summed E-state index contributed by atoms with van der Waals surface area (Å²) >= 11 is 3.30. The van der Waals surface area contributed by atoms with Crippen molar-refractivity contribution in [2.75, 3.05) is 0 Å². The standard InChI is InChI=1S/C20H23BrO4Si/c1-20(2,3)26(4,5)25-15-8-6-7-13(11-15)18(22)17-12-14(21)9-10-16(17)19(23)24/h6-12H,1-5H3,(H,23,24). The third kappa shape index (κ3) is 4.43. The first kappa shape index (κ1) is 20.4. The normalized spacial score (nSPS) is 11.9. The van der Waals surface area contributed by atoms with Crippen LogP contribution in [0.3, 0.4) is 0 Å². The van der Waals surface area contributed by atoms with Gasteiger partial charge in [0.05, 0.1) is 5.56 Å². The fourth-order valence-corrected chi connectivity index (χ4v) is 3.58. The molecular weight excluding hydrogens is 412 g/mol. The Morgan fingerprint density at radius 2 is 1.69 bits per heavy atom. The molecule has 0 amide bonds. The lowest BCUT2D eigenvalue weighted by Crippen LogP contribution is -2.43. The van der Waals surface area contributed by atoms with Gasteiger partial charge in [-0.2, -0.15) is 0 Å². The zero-order valence-electron chi connectivity index (χ0n) is 15.6. The molecule has 1 N–H and O–H groups in total. The second-order valence-electron chi connectivity index (χ2n) is 7.71. The van der Waals surface area contributed by atoms with Crippen molar-refractivity contribution in [1.29, 1.82) is 0 Å². The summed E-state index contributed by atoms with van der Waals surface area (Å²) in [5.74, 6) is -0.840. The summed E-state index contributed by atoms with van der Waals surface area (Å²) in [5, 5.41) is 9.40. The average molecular weight is 435 g/mol. The topological polar surface area (TPSA) is 63.6 Å². The summed E-state index contributed by atoms with van der Waals surface area (Å²) in [7, 11) is -2.03. The molecule has 0 unspecified atom stereocenters. The summed E-state index contributed by atoms with van der Waals surface area (Å²) < 4.78 is 6.91. The van der Waals surface area contributed by atoms with E-state index in [1.54, 1.807) is 24.3 Å². The van der Waals surface area contributed by atoms with Gasteiger partial charge in [-0.05, 0) is 48.5 Å². The van der Waals surface area contributed by atoms with Gasteiger partial charge in [0.15, 0.2) is 5.78 Å². The minimum atomic E-state index is -2.03. The SMILES string of the molecule is CC(C)(C)[Si](C)(C)Oc1cccc(C(=O)c2cc(Br)ccc2C(=O)O)c1. The van der Waals surface area contributed by atoms with Crippen LogP contribution in [0.5, 0.6) is 5.75 Å². The summed E-state index contributed by atoms with van der Waals surface area (Å²) in [6.07, 6.45) is 0. The quantitative estimate of drug-likeness (QED) is 0.479. The number of carbonyl (C=O) groups is 2. The summed E-state index contributed by atoms with van der Waals surface area (Å²) in [6, 6.07) is 11.5. The second kappa shape index (κ2) is 7.37. The van der Waals surface area contributed by atoms with Crippen molar-refractivity contribution >= 4 is 36.0 Å². The molecule has 0 atom stereocenters. The predicted molar refractivity (Wildman–Crippen MR) is 109 cm³/mol. The van der Waals surface area contributed by atoms with E-state index in [0.717, 1.165) is 0 Å². The highest BCUT2D eigenvalue weighted by molar-refractivity contribution is 9.10. The van der Waals surface area contributed by atoms with Crippen LogP contribution >= 0.6 is 15.9 Å². The number of carbonyl (C=O) groups excluding carboxylic acids is 1. The van der Waals surface area contributed by atoms with Crippen LogP contribution in [0.25, 0.3) is 0 Å². The van der Waals surface area contributed by atoms with Crippen LogP contribution in [0, 0.1) is 0 Å². The number of carboxylic acids is 1. The smallest absolute Gasteiger partial charge is 0.336 e. The lowest BCUT2D eigenvalue weighted by Gasteiger charge is -2.36. The molecule has 0 aromatic heterocycles. The third-order valence-corrected chi connectivity index (χ3v) is 9.58. The zero-order valence-corrected chi connectivity index (χ0v) is 18.2. The van der Waals surface area contributed by atoms with Gasteiger partial charge in [0.25, 0.3) is 0 Å². The number of halogens is 1. The van der Waals surface area contributed by atoms with Crippen LogP contribution in [0.2, 0.25) is 18.1 Å². The molecule has 2 aromatic carbocycles. The van der Waals surface area contributed by atoms with E-state index >= 15 is 0 Å². The molecule has 0 saturated carbocycles. The van der Waals surface area contributed by atoms with E-state index in [0.29, 0.717) is 15.8 Å². The van der Waals surface area contributed by atoms with Crippen molar-refractivity contribution in [3.05, 3.63) is 63.6 Å². The van der Waals surface area contributed by atoms with Crippen molar-refractivity contribution < 1.29 is 19.1 Å². The number of ketones is 1. The first-order valence-corrected chi connectivity index (χ1v) is 12.0. The number of hydrogen-bond acceptors (Lipinski definition) is 3. The highest BCUT2D eigenvalue weighted by Crippen LogP contribution is 2.37. The molecule has 0 radical (unpaired) electrons. The molecule has 0 aliphatic rings. The molecule has 2 rings (SSSR count). The van der Waals surface area contributed by atoms with Crippen LogP contribution in [0.4, 0.5) is 0 Å². The summed E-state index contributed by atoms with van der Waals surface area (Å²) in [5.41, 5.74) is 0.534. The number of rotatable bonds is 5. The van der Waals surface area contributed by atoms with Crippen LogP contribution in [0.15, 0.2) is 46.9 Å². The molecule has 6 heteroatoms. The molecule has 0 saturated heterocycles. The molecule has 0 heterocycles. The van der Waals surface area contributed by atoms with Crippen molar-refractivity contribution in [2.45, 2.75) is 38.9 Å². The lowest BCUT2D eigenvalue weighted by atomic mass is 9.98. The monoisotopic (exact) mass is 434 g/mol. The maximum absolute atomic E-state index is 12.9. The Morgan fingerprint density at radius 3 is 2.27 bits per heavy atom. The van der Waals surface area contributed by atoms with E-state index in [4.69, 9.17) is 4.43 Å². The summed E-state index contributed by atoms with van der Waals surface area (Å²) in [6.45, 7) is 10.7. The Bertz CT molecular complexity index is 853. The maximum Gasteiger partial charge on any atom is 0.336 e. The molecule has 138 valence electrons. The van der Waals surface area contributed by atoms with Crippen LogP contribution in [-0.4, -0.2) is 25.2 Å². The van der Waals surface area contributed by atoms with Crippen molar-refractivity contribution in [1.82, 2.24) is 0 Å². The van der Waals surface area contributed by atoms with Crippen molar-refractivity contribution in [3.63, 3.8) is 0 Å². The minimum Gasteiger partial charge on any atom is -0.543 e. The Balaban J connectivity index is 2.41. The number of aromatic carboxylic acids is 1. The van der Waals surface area contributed by atoms with E-state index in [2.05, 4.69) is 49.8 Å². The van der Waals surface area contributed by atoms with Crippen LogP contribution < -0.4 is 4.43 Å². The average Bonchev–Trinajstić information content (AvgIpc) is 2.52. The third-order valence-electron chi connectivity index (χ3n) is 4.73. The van der Waals surface area contributed by atoms with Gasteiger partial charge in [-0.3, -0.25) is 4.79 Å². The van der Waals surface area contributed by atoms with Gasteiger partial charge < -0.3 is 9.53 Å². The minimum absolute atomic E-state index is 0.0195. The van der Waals surface area contributed by atoms with Gasteiger partial charge in [-0.25, -0.2) is 4.79 Å². The van der Waals surface area contributed by atoms with E-state index in [1.165, 1.54) is 12.1 Å². The Labute approximate surface area is 163 Å². The number of benzene rings is 2. The first-order valence-electron chi connectivity index (χ1n) is 8.29. The Kier molecular flexibility index (Phi) is 5.78. The molecule has 26 heavy (non-hydrogen) atoms. The van der Waals surface area contributed by atoms with Crippen LogP contribution in [-0.2, 0) is 0 Å². The molecular formula is C20H23BrO4Si. The molecule has 0 bridgehead atoms. The van der Waals surface area contributed by atoms with Gasteiger partial charge in [-0.1, -0.05) is 48.8 Å². The van der Waals surface area contributed by atoms with Crippen molar-refractivity contribution in [3.8, 4) is 5.75 Å². The Morgan fingerprint density at radius 1 is 1.04 bits per heavy atom. The fraction of sp³-hybridized carbons (Fsp3) is 0.300. The van der Waals surface area contributed by atoms with E-state index in [9.17, 15) is 14.7 Å². The van der Waals surface area contributed by atoms with E-state index in [1.807, 2.05) is 6.07 Å². The second-order valence-corrected chi connectivity index (χ2v) is 13.4. The van der Waals surface area contributed by atoms with Gasteiger partial charge in [0.1, 0.15) is 5.75 Å². The molecule has 0 aliphatic heterocycles. The first-order chi connectivity index (χ1) is 11.9. The molecule has 4 nitrogen and oxygen atoms in total. The predicted octanol–water partition coefficient (Wildman–Crippen LogP) is 5.76. The van der Waals surface area contributed by atoms with E-state index < -0.39 is 14.3 Å². The van der Waals surface area contributed by atoms with E-state index in [-0.39, 0.29) is 21.9 Å². The largest absolute Gasteiger partial charge is 0.543 e. The number of hydrogen-bond donors (Lipinski definition) is 1. The maximum atomic E-state index is 12.9. The summed E-state index contributed by atoms with van der Waals surface area (Å²) in [4.78, 5) is 24.4.